The van der Waals surface area contributed by atoms with Crippen molar-refractivity contribution in [2.45, 2.75) is 40.2 Å². The highest BCUT2D eigenvalue weighted by Crippen LogP contribution is 2.34. The largest absolute Gasteiger partial charge is 0.457 e. The van der Waals surface area contributed by atoms with Crippen molar-refractivity contribution in [2.75, 3.05) is 7.05 Å². The van der Waals surface area contributed by atoms with Gasteiger partial charge in [0.05, 0.1) is 0 Å². The first-order valence-corrected chi connectivity index (χ1v) is 8.02. The maximum absolute atomic E-state index is 6.22. The van der Waals surface area contributed by atoms with Crippen LogP contribution < -0.4 is 10.1 Å². The first-order chi connectivity index (χ1) is 10.4. The average molecular weight is 318 g/mol. The molecule has 22 heavy (non-hydrogen) atoms. The normalized spacial score (nSPS) is 11.0. The van der Waals surface area contributed by atoms with E-state index in [0.717, 1.165) is 39.8 Å². The fourth-order valence-electron chi connectivity index (χ4n) is 2.35. The van der Waals surface area contributed by atoms with E-state index in [1.54, 1.807) is 0 Å². The lowest BCUT2D eigenvalue weighted by molar-refractivity contribution is 0.469. The summed E-state index contributed by atoms with van der Waals surface area (Å²) in [6.45, 7) is 9.21. The minimum atomic E-state index is 0.471. The summed E-state index contributed by atoms with van der Waals surface area (Å²) in [4.78, 5) is 0. The van der Waals surface area contributed by atoms with Gasteiger partial charge in [-0.15, -0.1) is 0 Å². The van der Waals surface area contributed by atoms with Gasteiger partial charge in [0, 0.05) is 17.1 Å². The molecule has 3 heteroatoms. The molecule has 118 valence electrons. The lowest BCUT2D eigenvalue weighted by atomic mass is 10.0. The van der Waals surface area contributed by atoms with Crippen LogP contribution in [0.2, 0.25) is 5.02 Å². The Morgan fingerprint density at radius 3 is 2.41 bits per heavy atom. The summed E-state index contributed by atoms with van der Waals surface area (Å²) >= 11 is 6.17. The van der Waals surface area contributed by atoms with E-state index in [-0.39, 0.29) is 0 Å². The SMILES string of the molecule is CNCc1ccc(C(C)C)cc1Oc1ccc(Cl)c(C)c1C. The molecule has 1 N–H and O–H groups in total. The Labute approximate surface area is 138 Å². The van der Waals surface area contributed by atoms with Crippen LogP contribution in [0, 0.1) is 13.8 Å². The van der Waals surface area contributed by atoms with E-state index in [1.807, 2.05) is 33.0 Å². The van der Waals surface area contributed by atoms with Crippen LogP contribution in [0.25, 0.3) is 0 Å². The average Bonchev–Trinajstić information content (AvgIpc) is 2.49. The molecule has 0 heterocycles. The minimum Gasteiger partial charge on any atom is -0.457 e. The molecule has 0 bridgehead atoms. The van der Waals surface area contributed by atoms with Crippen molar-refractivity contribution in [2.24, 2.45) is 0 Å². The minimum absolute atomic E-state index is 0.471. The first kappa shape index (κ1) is 16.9. The summed E-state index contributed by atoms with van der Waals surface area (Å²) in [6, 6.07) is 10.3. The van der Waals surface area contributed by atoms with Crippen molar-refractivity contribution in [3.05, 3.63) is 57.6 Å². The molecule has 0 unspecified atom stereocenters. The van der Waals surface area contributed by atoms with E-state index in [1.165, 1.54) is 5.56 Å². The second-order valence-electron chi connectivity index (χ2n) is 5.95. The molecular formula is C19H24ClNO. The monoisotopic (exact) mass is 317 g/mol. The van der Waals surface area contributed by atoms with E-state index in [4.69, 9.17) is 16.3 Å². The lowest BCUT2D eigenvalue weighted by Crippen LogP contribution is -2.07. The molecule has 0 saturated heterocycles. The van der Waals surface area contributed by atoms with Crippen LogP contribution in [0.5, 0.6) is 11.5 Å². The molecule has 2 aromatic carbocycles. The molecule has 0 spiro atoms. The fraction of sp³-hybridized carbons (Fsp3) is 0.368. The van der Waals surface area contributed by atoms with Gasteiger partial charge in [0.25, 0.3) is 0 Å². The van der Waals surface area contributed by atoms with Crippen LogP contribution in [0.15, 0.2) is 30.3 Å². The van der Waals surface area contributed by atoms with Gasteiger partial charge < -0.3 is 10.1 Å². The summed E-state index contributed by atoms with van der Waals surface area (Å²) < 4.78 is 6.22. The van der Waals surface area contributed by atoms with Crippen LogP contribution >= 0.6 is 11.6 Å². The summed E-state index contributed by atoms with van der Waals surface area (Å²) in [5, 5.41) is 3.97. The molecule has 0 aromatic heterocycles. The Kier molecular flexibility index (Phi) is 5.49. The van der Waals surface area contributed by atoms with Crippen LogP contribution in [0.1, 0.15) is 42.0 Å². The molecule has 0 atom stereocenters. The Balaban J connectivity index is 2.42. The van der Waals surface area contributed by atoms with Gasteiger partial charge in [-0.1, -0.05) is 37.6 Å². The third-order valence-electron chi connectivity index (χ3n) is 4.02. The number of benzene rings is 2. The van der Waals surface area contributed by atoms with Crippen LogP contribution in [-0.4, -0.2) is 7.05 Å². The maximum atomic E-state index is 6.22. The van der Waals surface area contributed by atoms with Crippen molar-refractivity contribution < 1.29 is 4.74 Å². The van der Waals surface area contributed by atoms with Gasteiger partial charge in [0.2, 0.25) is 0 Å². The smallest absolute Gasteiger partial charge is 0.132 e. The highest BCUT2D eigenvalue weighted by molar-refractivity contribution is 6.31. The highest BCUT2D eigenvalue weighted by Gasteiger charge is 2.11. The van der Waals surface area contributed by atoms with Crippen molar-refractivity contribution in [3.8, 4) is 11.5 Å². The van der Waals surface area contributed by atoms with Crippen molar-refractivity contribution in [1.82, 2.24) is 5.32 Å². The molecular weight excluding hydrogens is 294 g/mol. The van der Waals surface area contributed by atoms with Crippen molar-refractivity contribution in [3.63, 3.8) is 0 Å². The number of hydrogen-bond acceptors (Lipinski definition) is 2. The Hall–Kier alpha value is -1.51. The van der Waals surface area contributed by atoms with Gasteiger partial charge in [-0.2, -0.15) is 0 Å². The molecule has 0 radical (unpaired) electrons. The Morgan fingerprint density at radius 2 is 1.77 bits per heavy atom. The number of hydrogen-bond donors (Lipinski definition) is 1. The predicted molar refractivity (Wildman–Crippen MR) is 94.3 cm³/mol. The zero-order valence-corrected chi connectivity index (χ0v) is 14.7. The zero-order chi connectivity index (χ0) is 16.3. The second-order valence-corrected chi connectivity index (χ2v) is 6.36. The van der Waals surface area contributed by atoms with E-state index in [0.29, 0.717) is 5.92 Å². The molecule has 0 amide bonds. The fourth-order valence-corrected chi connectivity index (χ4v) is 2.56. The molecule has 2 nitrogen and oxygen atoms in total. The van der Waals surface area contributed by atoms with Crippen LogP contribution in [-0.2, 0) is 6.54 Å². The molecule has 2 aromatic rings. The van der Waals surface area contributed by atoms with Gasteiger partial charge in [0.15, 0.2) is 0 Å². The Morgan fingerprint density at radius 1 is 1.05 bits per heavy atom. The standard InChI is InChI=1S/C19H24ClNO/c1-12(2)15-6-7-16(11-21-5)19(10-15)22-18-9-8-17(20)13(3)14(18)4/h6-10,12,21H,11H2,1-5H3. The zero-order valence-electron chi connectivity index (χ0n) is 14.0. The molecule has 0 fully saturated rings. The second kappa shape index (κ2) is 7.17. The third kappa shape index (κ3) is 3.63. The van der Waals surface area contributed by atoms with Gasteiger partial charge >= 0.3 is 0 Å². The van der Waals surface area contributed by atoms with E-state index < -0.39 is 0 Å². The molecule has 0 aliphatic heterocycles. The highest BCUT2D eigenvalue weighted by atomic mass is 35.5. The number of halogens is 1. The van der Waals surface area contributed by atoms with Gasteiger partial charge in [-0.3, -0.25) is 0 Å². The number of rotatable bonds is 5. The summed E-state index contributed by atoms with van der Waals surface area (Å²) in [5.74, 6) is 2.24. The van der Waals surface area contributed by atoms with Gasteiger partial charge in [-0.25, -0.2) is 0 Å². The first-order valence-electron chi connectivity index (χ1n) is 7.65. The predicted octanol–water partition coefficient (Wildman–Crippen LogP) is 5.59. The summed E-state index contributed by atoms with van der Waals surface area (Å²) in [5.41, 5.74) is 4.57. The van der Waals surface area contributed by atoms with Gasteiger partial charge in [-0.05, 0) is 61.7 Å². The van der Waals surface area contributed by atoms with E-state index >= 15 is 0 Å². The van der Waals surface area contributed by atoms with Crippen LogP contribution in [0.4, 0.5) is 0 Å². The number of nitrogens with one attached hydrogen (secondary N) is 1. The summed E-state index contributed by atoms with van der Waals surface area (Å²) in [6.07, 6.45) is 0. The molecule has 0 aliphatic rings. The van der Waals surface area contributed by atoms with E-state index in [9.17, 15) is 0 Å². The van der Waals surface area contributed by atoms with Crippen molar-refractivity contribution in [1.29, 1.82) is 0 Å². The van der Waals surface area contributed by atoms with Crippen molar-refractivity contribution >= 4 is 11.6 Å². The molecule has 0 saturated carbocycles. The van der Waals surface area contributed by atoms with E-state index in [2.05, 4.69) is 37.4 Å². The van der Waals surface area contributed by atoms with Gasteiger partial charge in [0.1, 0.15) is 11.5 Å². The molecule has 0 aliphatic carbocycles. The quantitative estimate of drug-likeness (QED) is 0.776. The van der Waals surface area contributed by atoms with Crippen LogP contribution in [0.3, 0.4) is 0 Å². The number of ether oxygens (including phenoxy) is 1. The molecule has 2 rings (SSSR count). The lowest BCUT2D eigenvalue weighted by Gasteiger charge is -2.17. The Bertz CT molecular complexity index is 665. The third-order valence-corrected chi connectivity index (χ3v) is 4.43. The summed E-state index contributed by atoms with van der Waals surface area (Å²) in [7, 11) is 1.94. The topological polar surface area (TPSA) is 21.3 Å². The maximum Gasteiger partial charge on any atom is 0.132 e.